The molecule has 2 heterocycles. The van der Waals surface area contributed by atoms with Crippen molar-refractivity contribution < 1.29 is 23.4 Å². The molecule has 0 bridgehead atoms. The zero-order chi connectivity index (χ0) is 26.6. The molecule has 2 aromatic rings. The second-order valence-electron chi connectivity index (χ2n) is 10.6. The molecule has 1 amide bonds. The molecule has 1 aliphatic carbocycles. The lowest BCUT2D eigenvalue weighted by molar-refractivity contribution is -0.125. The van der Waals surface area contributed by atoms with Crippen molar-refractivity contribution in [2.24, 2.45) is 11.8 Å². The normalized spacial score (nSPS) is 20.6. The maximum Gasteiger partial charge on any atom is 0.387 e. The predicted molar refractivity (Wildman–Crippen MR) is 143 cm³/mol. The molecule has 2 aliphatic heterocycles. The number of hydrogen-bond donors (Lipinski definition) is 1. The van der Waals surface area contributed by atoms with E-state index >= 15 is 0 Å². The maximum atomic E-state index is 13.1. The molecule has 38 heavy (non-hydrogen) atoms. The number of piperidine rings is 1. The molecule has 0 spiro atoms. The third-order valence-electron chi connectivity index (χ3n) is 7.73. The lowest BCUT2D eigenvalue weighted by atomic mass is 9.89. The second kappa shape index (κ2) is 11.5. The van der Waals surface area contributed by atoms with Crippen LogP contribution in [0.1, 0.15) is 36.0 Å². The highest BCUT2D eigenvalue weighted by Crippen LogP contribution is 2.34. The van der Waals surface area contributed by atoms with Crippen molar-refractivity contribution in [3.05, 3.63) is 100 Å². The summed E-state index contributed by atoms with van der Waals surface area (Å²) in [5, 5.41) is 10.9. The van der Waals surface area contributed by atoms with Gasteiger partial charge in [-0.15, -0.1) is 0 Å². The van der Waals surface area contributed by atoms with Gasteiger partial charge in [0.15, 0.2) is 0 Å². The van der Waals surface area contributed by atoms with Crippen LogP contribution in [-0.4, -0.2) is 47.1 Å². The molecule has 5 rings (SSSR count). The number of benzene rings is 2. The zero-order valence-electron chi connectivity index (χ0n) is 21.7. The van der Waals surface area contributed by atoms with Gasteiger partial charge in [-0.1, -0.05) is 54.1 Å². The van der Waals surface area contributed by atoms with E-state index in [-0.39, 0.29) is 23.3 Å². The first-order valence-corrected chi connectivity index (χ1v) is 13.3. The number of amides is 1. The number of aliphatic hydroxyl groups excluding tert-OH is 1. The minimum atomic E-state index is -2.87. The van der Waals surface area contributed by atoms with Crippen LogP contribution in [0.4, 0.5) is 8.78 Å². The Labute approximate surface area is 222 Å². The highest BCUT2D eigenvalue weighted by Gasteiger charge is 2.37. The average Bonchev–Trinajstić information content (AvgIpc) is 3.11. The Morgan fingerprint density at radius 1 is 1.00 bits per heavy atom. The first-order valence-electron chi connectivity index (χ1n) is 13.3. The predicted octanol–water partition coefficient (Wildman–Crippen LogP) is 6.17. The summed E-state index contributed by atoms with van der Waals surface area (Å²) in [6, 6.07) is 15.0. The van der Waals surface area contributed by atoms with Crippen LogP contribution >= 0.6 is 0 Å². The van der Waals surface area contributed by atoms with E-state index in [1.165, 1.54) is 23.3 Å². The molecule has 0 radical (unpaired) electrons. The van der Waals surface area contributed by atoms with Gasteiger partial charge >= 0.3 is 6.61 Å². The van der Waals surface area contributed by atoms with E-state index in [1.54, 1.807) is 23.1 Å². The third kappa shape index (κ3) is 6.33. The summed E-state index contributed by atoms with van der Waals surface area (Å²) in [6.07, 6.45) is 9.00. The van der Waals surface area contributed by atoms with E-state index < -0.39 is 6.61 Å². The first kappa shape index (κ1) is 26.2. The number of likely N-dealkylation sites (tertiary alicyclic amines) is 2. The number of aliphatic hydroxyl groups is 1. The molecule has 1 atom stereocenters. The number of halogens is 2. The van der Waals surface area contributed by atoms with Crippen molar-refractivity contribution in [2.45, 2.75) is 45.9 Å². The molecular weight excluding hydrogens is 486 g/mol. The molecule has 5 nitrogen and oxygen atoms in total. The molecule has 3 aliphatic rings. The fraction of sp³-hybridized carbons (Fsp3) is 0.387. The van der Waals surface area contributed by atoms with Gasteiger partial charge < -0.3 is 14.7 Å². The number of aryl methyl sites for hydroxylation is 1. The lowest BCUT2D eigenvalue weighted by Crippen LogP contribution is -2.33. The van der Waals surface area contributed by atoms with Gasteiger partial charge in [0, 0.05) is 25.6 Å². The monoisotopic (exact) mass is 520 g/mol. The van der Waals surface area contributed by atoms with Crippen LogP contribution in [-0.2, 0) is 17.9 Å². The standard InChI is InChI=1S/C31H34F2N2O3/c1-21-2-4-23(5-3-21)18-34-14-12-22(13-15-34)16-25-6-9-26-20-35(30(37)29(26)28(36)17-25)19-24-7-10-27(11-8-24)38-31(32)33/h2-11,17,22,26,31,36H,12-16,18-20H2,1H3. The minimum absolute atomic E-state index is 0.0555. The van der Waals surface area contributed by atoms with E-state index in [0.717, 1.165) is 50.0 Å². The van der Waals surface area contributed by atoms with E-state index in [0.29, 0.717) is 24.6 Å². The topological polar surface area (TPSA) is 53.0 Å². The Hall–Kier alpha value is -3.45. The number of allylic oxidation sites excluding steroid dienone is 3. The van der Waals surface area contributed by atoms with Crippen LogP contribution in [0.15, 0.2) is 83.7 Å². The number of hydrogen-bond acceptors (Lipinski definition) is 4. The molecule has 1 unspecified atom stereocenters. The third-order valence-corrected chi connectivity index (χ3v) is 7.73. The Morgan fingerprint density at radius 3 is 2.34 bits per heavy atom. The van der Waals surface area contributed by atoms with Gasteiger partial charge in [-0.2, -0.15) is 8.78 Å². The summed E-state index contributed by atoms with van der Waals surface area (Å²) < 4.78 is 29.2. The number of nitrogens with zero attached hydrogens (tertiary/aromatic N) is 2. The van der Waals surface area contributed by atoms with Crippen LogP contribution in [0, 0.1) is 18.8 Å². The molecule has 2 saturated heterocycles. The number of carbonyl (C=O) groups is 1. The molecule has 0 saturated carbocycles. The SMILES string of the molecule is Cc1ccc(CN2CCC(CC3=CC(O)=C4C(=O)N(Cc5ccc(OC(F)F)cc5)CC4C=C3)CC2)cc1. The van der Waals surface area contributed by atoms with Crippen LogP contribution in [0.2, 0.25) is 0 Å². The van der Waals surface area contributed by atoms with Gasteiger partial charge in [0.05, 0.1) is 5.57 Å². The zero-order valence-corrected chi connectivity index (χ0v) is 21.7. The van der Waals surface area contributed by atoms with Crippen LogP contribution in [0.5, 0.6) is 5.75 Å². The quantitative estimate of drug-likeness (QED) is 0.453. The summed E-state index contributed by atoms with van der Waals surface area (Å²) in [5.41, 5.74) is 4.94. The van der Waals surface area contributed by atoms with E-state index in [2.05, 4.69) is 46.9 Å². The Bertz CT molecular complexity index is 1230. The number of fused-ring (bicyclic) bond motifs is 1. The highest BCUT2D eigenvalue weighted by molar-refractivity contribution is 5.97. The van der Waals surface area contributed by atoms with Crippen molar-refractivity contribution in [1.29, 1.82) is 0 Å². The van der Waals surface area contributed by atoms with E-state index in [4.69, 9.17) is 0 Å². The summed E-state index contributed by atoms with van der Waals surface area (Å²) in [4.78, 5) is 17.3. The van der Waals surface area contributed by atoms with Crippen molar-refractivity contribution >= 4 is 5.91 Å². The van der Waals surface area contributed by atoms with Gasteiger partial charge in [-0.05, 0) is 80.1 Å². The maximum absolute atomic E-state index is 13.1. The smallest absolute Gasteiger partial charge is 0.387 e. The molecule has 2 fully saturated rings. The summed E-state index contributed by atoms with van der Waals surface area (Å²) >= 11 is 0. The van der Waals surface area contributed by atoms with Crippen molar-refractivity contribution in [3.63, 3.8) is 0 Å². The number of ether oxygens (including phenoxy) is 1. The van der Waals surface area contributed by atoms with Gasteiger partial charge in [0.2, 0.25) is 0 Å². The van der Waals surface area contributed by atoms with Crippen LogP contribution in [0.25, 0.3) is 0 Å². The number of alkyl halides is 2. The fourth-order valence-electron chi connectivity index (χ4n) is 5.63. The van der Waals surface area contributed by atoms with Gasteiger partial charge in [-0.3, -0.25) is 9.69 Å². The highest BCUT2D eigenvalue weighted by atomic mass is 19.3. The summed E-state index contributed by atoms with van der Waals surface area (Å²) in [5.74, 6) is 0.334. The molecule has 2 aromatic carbocycles. The number of rotatable bonds is 8. The van der Waals surface area contributed by atoms with Crippen LogP contribution < -0.4 is 4.74 Å². The lowest BCUT2D eigenvalue weighted by Gasteiger charge is -2.32. The summed E-state index contributed by atoms with van der Waals surface area (Å²) in [7, 11) is 0. The van der Waals surface area contributed by atoms with E-state index in [1.807, 2.05) is 6.08 Å². The van der Waals surface area contributed by atoms with Crippen molar-refractivity contribution in [3.8, 4) is 5.75 Å². The minimum Gasteiger partial charge on any atom is -0.507 e. The Balaban J connectivity index is 1.16. The second-order valence-corrected chi connectivity index (χ2v) is 10.6. The molecule has 7 heteroatoms. The van der Waals surface area contributed by atoms with E-state index in [9.17, 15) is 18.7 Å². The Morgan fingerprint density at radius 2 is 1.66 bits per heavy atom. The molecular formula is C31H34F2N2O3. The van der Waals surface area contributed by atoms with Gasteiger partial charge in [-0.25, -0.2) is 0 Å². The molecule has 1 N–H and O–H groups in total. The van der Waals surface area contributed by atoms with Crippen molar-refractivity contribution in [2.75, 3.05) is 19.6 Å². The number of carbonyl (C=O) groups excluding carboxylic acids is 1. The molecule has 200 valence electrons. The fourth-order valence-corrected chi connectivity index (χ4v) is 5.63. The van der Waals surface area contributed by atoms with Crippen LogP contribution in [0.3, 0.4) is 0 Å². The summed E-state index contributed by atoms with van der Waals surface area (Å²) in [6.45, 7) is 3.16. The van der Waals surface area contributed by atoms with Gasteiger partial charge in [0.1, 0.15) is 11.5 Å². The Kier molecular flexibility index (Phi) is 7.93. The molecule has 0 aromatic heterocycles. The van der Waals surface area contributed by atoms with Gasteiger partial charge in [0.25, 0.3) is 5.91 Å². The largest absolute Gasteiger partial charge is 0.507 e. The van der Waals surface area contributed by atoms with Crippen molar-refractivity contribution in [1.82, 2.24) is 9.80 Å². The average molecular weight is 521 g/mol. The first-order chi connectivity index (χ1) is 18.3.